The SMILES string of the molecule is Cl.O=C(NCC1CCCNC1)c1ccc(Br)s1. The zero-order valence-electron chi connectivity index (χ0n) is 9.37. The van der Waals surface area contributed by atoms with Crippen LogP contribution in [0.5, 0.6) is 0 Å². The molecule has 3 nitrogen and oxygen atoms in total. The van der Waals surface area contributed by atoms with Crippen LogP contribution < -0.4 is 10.6 Å². The number of carbonyl (C=O) groups is 1. The van der Waals surface area contributed by atoms with Crippen LogP contribution in [0.2, 0.25) is 0 Å². The Morgan fingerprint density at radius 1 is 1.59 bits per heavy atom. The van der Waals surface area contributed by atoms with E-state index in [9.17, 15) is 4.79 Å². The number of nitrogens with one attached hydrogen (secondary N) is 2. The number of halogens is 2. The number of amides is 1. The summed E-state index contributed by atoms with van der Waals surface area (Å²) in [6, 6.07) is 3.75. The van der Waals surface area contributed by atoms with E-state index in [1.807, 2.05) is 12.1 Å². The standard InChI is InChI=1S/C11H15BrN2OS.ClH/c12-10-4-3-9(16-10)11(15)14-7-8-2-1-5-13-6-8;/h3-4,8,13H,1-2,5-7H2,(H,14,15);1H. The fraction of sp³-hybridized carbons (Fsp3) is 0.545. The summed E-state index contributed by atoms with van der Waals surface area (Å²) in [7, 11) is 0. The highest BCUT2D eigenvalue weighted by Gasteiger charge is 2.15. The molecular formula is C11H16BrClN2OS. The molecule has 1 aliphatic rings. The summed E-state index contributed by atoms with van der Waals surface area (Å²) in [6.45, 7) is 2.91. The van der Waals surface area contributed by atoms with Crippen LogP contribution in [-0.4, -0.2) is 25.5 Å². The van der Waals surface area contributed by atoms with Crippen molar-refractivity contribution in [2.45, 2.75) is 12.8 Å². The number of hydrogen-bond acceptors (Lipinski definition) is 3. The van der Waals surface area contributed by atoms with Gasteiger partial charge in [0.2, 0.25) is 0 Å². The van der Waals surface area contributed by atoms with E-state index in [1.54, 1.807) is 0 Å². The molecule has 96 valence electrons. The molecule has 17 heavy (non-hydrogen) atoms. The molecule has 2 rings (SSSR count). The lowest BCUT2D eigenvalue weighted by Crippen LogP contribution is -2.37. The van der Waals surface area contributed by atoms with Crippen LogP contribution in [0.25, 0.3) is 0 Å². The van der Waals surface area contributed by atoms with Gasteiger partial charge in [-0.1, -0.05) is 0 Å². The number of carbonyl (C=O) groups excluding carboxylic acids is 1. The summed E-state index contributed by atoms with van der Waals surface area (Å²) >= 11 is 4.83. The number of thiophene rings is 1. The van der Waals surface area contributed by atoms with Gasteiger partial charge < -0.3 is 10.6 Å². The summed E-state index contributed by atoms with van der Waals surface area (Å²) in [4.78, 5) is 12.5. The molecule has 6 heteroatoms. The van der Waals surface area contributed by atoms with Crippen molar-refractivity contribution in [1.29, 1.82) is 0 Å². The third-order valence-electron chi connectivity index (χ3n) is 2.75. The molecular weight excluding hydrogens is 324 g/mol. The maximum absolute atomic E-state index is 11.8. The first-order valence-electron chi connectivity index (χ1n) is 5.50. The minimum absolute atomic E-state index is 0. The average Bonchev–Trinajstić information content (AvgIpc) is 2.74. The van der Waals surface area contributed by atoms with Crippen LogP contribution in [-0.2, 0) is 0 Å². The third kappa shape index (κ3) is 4.58. The Balaban J connectivity index is 0.00000144. The molecule has 1 aromatic heterocycles. The summed E-state index contributed by atoms with van der Waals surface area (Å²) in [5.41, 5.74) is 0. The molecule has 1 saturated heterocycles. The first kappa shape index (κ1) is 15.0. The zero-order valence-corrected chi connectivity index (χ0v) is 12.6. The van der Waals surface area contributed by atoms with Gasteiger partial charge in [0, 0.05) is 6.54 Å². The number of rotatable bonds is 3. The van der Waals surface area contributed by atoms with Crippen molar-refractivity contribution in [3.8, 4) is 0 Å². The monoisotopic (exact) mass is 338 g/mol. The molecule has 0 bridgehead atoms. The van der Waals surface area contributed by atoms with Crippen LogP contribution in [0.3, 0.4) is 0 Å². The highest BCUT2D eigenvalue weighted by Crippen LogP contribution is 2.21. The van der Waals surface area contributed by atoms with Gasteiger partial charge in [-0.2, -0.15) is 0 Å². The fourth-order valence-electron chi connectivity index (χ4n) is 1.86. The van der Waals surface area contributed by atoms with Gasteiger partial charge >= 0.3 is 0 Å². The van der Waals surface area contributed by atoms with Gasteiger partial charge in [-0.15, -0.1) is 23.7 Å². The highest BCUT2D eigenvalue weighted by molar-refractivity contribution is 9.11. The smallest absolute Gasteiger partial charge is 0.261 e. The number of piperidine rings is 1. The Morgan fingerprint density at radius 2 is 2.41 bits per heavy atom. The Labute approximate surface area is 120 Å². The minimum atomic E-state index is 0. The summed E-state index contributed by atoms with van der Waals surface area (Å²) < 4.78 is 0.997. The minimum Gasteiger partial charge on any atom is -0.351 e. The molecule has 0 radical (unpaired) electrons. The quantitative estimate of drug-likeness (QED) is 0.889. The van der Waals surface area contributed by atoms with Crippen molar-refractivity contribution in [2.75, 3.05) is 19.6 Å². The lowest BCUT2D eigenvalue weighted by molar-refractivity contribution is 0.0949. The highest BCUT2D eigenvalue weighted by atomic mass is 79.9. The fourth-order valence-corrected chi connectivity index (χ4v) is 3.16. The lowest BCUT2D eigenvalue weighted by Gasteiger charge is -2.22. The molecule has 1 atom stereocenters. The molecule has 1 unspecified atom stereocenters. The second-order valence-corrected chi connectivity index (χ2v) is 6.49. The predicted molar refractivity (Wildman–Crippen MR) is 77.2 cm³/mol. The first-order chi connectivity index (χ1) is 7.75. The average molecular weight is 340 g/mol. The van der Waals surface area contributed by atoms with Gasteiger partial charge in [-0.05, 0) is 59.9 Å². The van der Waals surface area contributed by atoms with E-state index in [4.69, 9.17) is 0 Å². The van der Waals surface area contributed by atoms with Crippen LogP contribution in [0, 0.1) is 5.92 Å². The van der Waals surface area contributed by atoms with Gasteiger partial charge in [0.1, 0.15) is 0 Å². The van der Waals surface area contributed by atoms with Crippen molar-refractivity contribution in [2.24, 2.45) is 5.92 Å². The van der Waals surface area contributed by atoms with Gasteiger partial charge in [0.05, 0.1) is 8.66 Å². The van der Waals surface area contributed by atoms with Crippen molar-refractivity contribution in [1.82, 2.24) is 10.6 Å². The van der Waals surface area contributed by atoms with E-state index in [1.165, 1.54) is 24.2 Å². The van der Waals surface area contributed by atoms with E-state index in [0.717, 1.165) is 28.3 Å². The van der Waals surface area contributed by atoms with Crippen molar-refractivity contribution in [3.63, 3.8) is 0 Å². The van der Waals surface area contributed by atoms with Gasteiger partial charge in [0.25, 0.3) is 5.91 Å². The molecule has 1 fully saturated rings. The second-order valence-electron chi connectivity index (χ2n) is 4.03. The van der Waals surface area contributed by atoms with E-state index in [0.29, 0.717) is 5.92 Å². The van der Waals surface area contributed by atoms with Crippen molar-refractivity contribution >= 4 is 45.6 Å². The topological polar surface area (TPSA) is 41.1 Å². The third-order valence-corrected chi connectivity index (χ3v) is 4.37. The number of hydrogen-bond donors (Lipinski definition) is 2. The maximum Gasteiger partial charge on any atom is 0.261 e. The summed E-state index contributed by atoms with van der Waals surface area (Å²) in [6.07, 6.45) is 2.42. The molecule has 0 saturated carbocycles. The molecule has 2 N–H and O–H groups in total. The molecule has 0 aliphatic carbocycles. The van der Waals surface area contributed by atoms with Gasteiger partial charge in [0.15, 0.2) is 0 Å². The van der Waals surface area contributed by atoms with Crippen molar-refractivity contribution < 1.29 is 4.79 Å². The first-order valence-corrected chi connectivity index (χ1v) is 7.11. The van der Waals surface area contributed by atoms with E-state index in [2.05, 4.69) is 26.6 Å². The molecule has 1 aliphatic heterocycles. The molecule has 2 heterocycles. The summed E-state index contributed by atoms with van der Waals surface area (Å²) in [5.74, 6) is 0.627. The van der Waals surface area contributed by atoms with E-state index in [-0.39, 0.29) is 18.3 Å². The zero-order chi connectivity index (χ0) is 11.4. The largest absolute Gasteiger partial charge is 0.351 e. The van der Waals surface area contributed by atoms with Crippen molar-refractivity contribution in [3.05, 3.63) is 20.8 Å². The van der Waals surface area contributed by atoms with Crippen LogP contribution in [0.4, 0.5) is 0 Å². The second kappa shape index (κ2) is 7.36. The lowest BCUT2D eigenvalue weighted by atomic mass is 10.00. The van der Waals surface area contributed by atoms with Crippen LogP contribution in [0.15, 0.2) is 15.9 Å². The molecule has 1 amide bonds. The Hall–Kier alpha value is -0.100. The predicted octanol–water partition coefficient (Wildman–Crippen LogP) is 2.66. The van der Waals surface area contributed by atoms with Crippen LogP contribution in [0.1, 0.15) is 22.5 Å². The maximum atomic E-state index is 11.8. The van der Waals surface area contributed by atoms with E-state index < -0.39 is 0 Å². The molecule has 0 aromatic carbocycles. The van der Waals surface area contributed by atoms with E-state index >= 15 is 0 Å². The Bertz CT molecular complexity index is 366. The van der Waals surface area contributed by atoms with Crippen LogP contribution >= 0.6 is 39.7 Å². The summed E-state index contributed by atoms with van der Waals surface area (Å²) in [5, 5.41) is 6.34. The normalized spacial score (nSPS) is 19.5. The molecule has 1 aromatic rings. The van der Waals surface area contributed by atoms with Gasteiger partial charge in [-0.25, -0.2) is 0 Å². The molecule has 0 spiro atoms. The van der Waals surface area contributed by atoms with Gasteiger partial charge in [-0.3, -0.25) is 4.79 Å². The Morgan fingerprint density at radius 3 is 3.00 bits per heavy atom. The Kier molecular flexibility index (Phi) is 6.48.